The van der Waals surface area contributed by atoms with E-state index in [-0.39, 0.29) is 0 Å². The Morgan fingerprint density at radius 3 is 2.72 bits per heavy atom. The lowest BCUT2D eigenvalue weighted by Gasteiger charge is -2.04. The van der Waals surface area contributed by atoms with Gasteiger partial charge < -0.3 is 14.8 Å². The summed E-state index contributed by atoms with van der Waals surface area (Å²) in [7, 11) is 1.72. The molecule has 0 fully saturated rings. The highest BCUT2D eigenvalue weighted by molar-refractivity contribution is 5.48. The maximum Gasteiger partial charge on any atom is 0.0651 e. The summed E-state index contributed by atoms with van der Waals surface area (Å²) < 4.78 is 10.4. The smallest absolute Gasteiger partial charge is 0.0651 e. The van der Waals surface area contributed by atoms with Crippen LogP contribution >= 0.6 is 0 Å². The van der Waals surface area contributed by atoms with Crippen molar-refractivity contribution in [1.29, 1.82) is 0 Å². The molecule has 0 radical (unpaired) electrons. The molecular formula is C15H23NO2. The van der Waals surface area contributed by atoms with Gasteiger partial charge in [0.15, 0.2) is 0 Å². The van der Waals surface area contributed by atoms with E-state index in [1.807, 2.05) is 24.3 Å². The highest BCUT2D eigenvalue weighted by Crippen LogP contribution is 2.00. The van der Waals surface area contributed by atoms with Crippen molar-refractivity contribution in [3.05, 3.63) is 42.0 Å². The zero-order valence-corrected chi connectivity index (χ0v) is 11.1. The van der Waals surface area contributed by atoms with E-state index < -0.39 is 0 Å². The molecular weight excluding hydrogens is 226 g/mol. The van der Waals surface area contributed by atoms with Gasteiger partial charge in [-0.05, 0) is 18.5 Å². The Morgan fingerprint density at radius 2 is 1.94 bits per heavy atom. The number of ether oxygens (including phenoxy) is 2. The average Bonchev–Trinajstić information content (AvgIpc) is 2.42. The highest BCUT2D eigenvalue weighted by Gasteiger charge is 1.88. The van der Waals surface area contributed by atoms with Crippen LogP contribution in [0.25, 0.3) is 6.08 Å². The van der Waals surface area contributed by atoms with Crippen LogP contribution in [0.4, 0.5) is 0 Å². The minimum atomic E-state index is 0.661. The fraction of sp³-hybridized carbons (Fsp3) is 0.467. The Kier molecular flexibility index (Phi) is 9.07. The first-order chi connectivity index (χ1) is 8.93. The van der Waals surface area contributed by atoms with Crippen LogP contribution in [0.3, 0.4) is 0 Å². The number of hydrogen-bond acceptors (Lipinski definition) is 3. The molecule has 0 atom stereocenters. The molecule has 0 aromatic heterocycles. The molecule has 0 heterocycles. The Morgan fingerprint density at radius 1 is 1.11 bits per heavy atom. The van der Waals surface area contributed by atoms with Gasteiger partial charge in [0.05, 0.1) is 13.2 Å². The lowest BCUT2D eigenvalue weighted by atomic mass is 10.2. The molecule has 0 spiro atoms. The van der Waals surface area contributed by atoms with Gasteiger partial charge in [0, 0.05) is 20.3 Å². The molecule has 100 valence electrons. The quantitative estimate of drug-likeness (QED) is 0.646. The SMILES string of the molecule is COCCCNCCOCC=Cc1ccccc1. The summed E-state index contributed by atoms with van der Waals surface area (Å²) in [6, 6.07) is 10.2. The largest absolute Gasteiger partial charge is 0.385 e. The molecule has 0 bridgehead atoms. The summed E-state index contributed by atoms with van der Waals surface area (Å²) in [6.45, 7) is 4.09. The number of benzene rings is 1. The standard InChI is InChI=1S/C15H23NO2/c1-17-12-6-10-16-11-14-18-13-5-9-15-7-3-2-4-8-15/h2-5,7-9,16H,6,10-14H2,1H3. The van der Waals surface area contributed by atoms with E-state index >= 15 is 0 Å². The van der Waals surface area contributed by atoms with Crippen molar-refractivity contribution >= 4 is 6.08 Å². The second-order valence-corrected chi connectivity index (χ2v) is 3.98. The van der Waals surface area contributed by atoms with Gasteiger partial charge in [-0.15, -0.1) is 0 Å². The molecule has 1 aromatic carbocycles. The van der Waals surface area contributed by atoms with Crippen LogP contribution in [0.2, 0.25) is 0 Å². The van der Waals surface area contributed by atoms with Crippen LogP contribution in [0.15, 0.2) is 36.4 Å². The third kappa shape index (κ3) is 8.01. The lowest BCUT2D eigenvalue weighted by molar-refractivity contribution is 0.161. The number of rotatable bonds is 10. The van der Waals surface area contributed by atoms with E-state index in [4.69, 9.17) is 9.47 Å². The lowest BCUT2D eigenvalue weighted by Crippen LogP contribution is -2.21. The molecule has 18 heavy (non-hydrogen) atoms. The topological polar surface area (TPSA) is 30.5 Å². The van der Waals surface area contributed by atoms with Crippen LogP contribution in [0.1, 0.15) is 12.0 Å². The molecule has 1 N–H and O–H groups in total. The molecule has 0 amide bonds. The summed E-state index contributed by atoms with van der Waals surface area (Å²) >= 11 is 0. The first kappa shape index (κ1) is 14.9. The van der Waals surface area contributed by atoms with Crippen LogP contribution in [-0.4, -0.2) is 40.0 Å². The maximum atomic E-state index is 5.48. The van der Waals surface area contributed by atoms with E-state index in [1.165, 1.54) is 5.56 Å². The molecule has 0 aliphatic carbocycles. The summed E-state index contributed by atoms with van der Waals surface area (Å²) in [4.78, 5) is 0. The normalized spacial score (nSPS) is 11.2. The summed E-state index contributed by atoms with van der Waals surface area (Å²) in [6.07, 6.45) is 5.16. The third-order valence-corrected chi connectivity index (χ3v) is 2.45. The van der Waals surface area contributed by atoms with Crippen molar-refractivity contribution in [1.82, 2.24) is 5.32 Å². The van der Waals surface area contributed by atoms with Crippen molar-refractivity contribution in [3.8, 4) is 0 Å². The van der Waals surface area contributed by atoms with E-state index in [2.05, 4.69) is 23.5 Å². The summed E-state index contributed by atoms with van der Waals surface area (Å²) in [5.41, 5.74) is 1.21. The van der Waals surface area contributed by atoms with Crippen molar-refractivity contribution in [3.63, 3.8) is 0 Å². The van der Waals surface area contributed by atoms with Gasteiger partial charge in [-0.2, -0.15) is 0 Å². The van der Waals surface area contributed by atoms with Gasteiger partial charge in [-0.25, -0.2) is 0 Å². The van der Waals surface area contributed by atoms with Gasteiger partial charge in [0.2, 0.25) is 0 Å². The summed E-state index contributed by atoms with van der Waals surface area (Å²) in [5.74, 6) is 0. The molecule has 1 rings (SSSR count). The van der Waals surface area contributed by atoms with Gasteiger partial charge in [-0.3, -0.25) is 0 Å². The third-order valence-electron chi connectivity index (χ3n) is 2.45. The molecule has 3 nitrogen and oxygen atoms in total. The molecule has 1 aromatic rings. The molecule has 3 heteroatoms. The van der Waals surface area contributed by atoms with Crippen LogP contribution < -0.4 is 5.32 Å². The van der Waals surface area contributed by atoms with Gasteiger partial charge in [0.1, 0.15) is 0 Å². The minimum absolute atomic E-state index is 0.661. The van der Waals surface area contributed by atoms with Gasteiger partial charge in [0.25, 0.3) is 0 Å². The van der Waals surface area contributed by atoms with E-state index in [9.17, 15) is 0 Å². The fourth-order valence-corrected chi connectivity index (χ4v) is 1.51. The zero-order valence-electron chi connectivity index (χ0n) is 11.1. The van der Waals surface area contributed by atoms with Crippen LogP contribution in [0, 0.1) is 0 Å². The Hall–Kier alpha value is -1.16. The van der Waals surface area contributed by atoms with E-state index in [1.54, 1.807) is 7.11 Å². The molecule has 0 saturated carbocycles. The van der Waals surface area contributed by atoms with Crippen LogP contribution in [-0.2, 0) is 9.47 Å². The van der Waals surface area contributed by atoms with Crippen molar-refractivity contribution in [2.75, 3.05) is 40.0 Å². The Bertz CT molecular complexity index is 312. The number of nitrogens with one attached hydrogen (secondary N) is 1. The van der Waals surface area contributed by atoms with Crippen molar-refractivity contribution in [2.45, 2.75) is 6.42 Å². The number of hydrogen-bond donors (Lipinski definition) is 1. The first-order valence-electron chi connectivity index (χ1n) is 6.42. The van der Waals surface area contributed by atoms with Gasteiger partial charge >= 0.3 is 0 Å². The Balaban J connectivity index is 1.91. The number of methoxy groups -OCH3 is 1. The average molecular weight is 249 g/mol. The fourth-order valence-electron chi connectivity index (χ4n) is 1.51. The predicted molar refractivity (Wildman–Crippen MR) is 75.7 cm³/mol. The molecule has 0 unspecified atom stereocenters. The van der Waals surface area contributed by atoms with Gasteiger partial charge in [-0.1, -0.05) is 42.5 Å². The van der Waals surface area contributed by atoms with E-state index in [0.717, 1.165) is 32.7 Å². The summed E-state index contributed by atoms with van der Waals surface area (Å²) in [5, 5.41) is 3.30. The zero-order chi connectivity index (χ0) is 12.9. The highest BCUT2D eigenvalue weighted by atomic mass is 16.5. The van der Waals surface area contributed by atoms with Crippen molar-refractivity contribution in [2.24, 2.45) is 0 Å². The molecule has 0 aliphatic heterocycles. The Labute approximate surface area is 110 Å². The minimum Gasteiger partial charge on any atom is -0.385 e. The van der Waals surface area contributed by atoms with E-state index in [0.29, 0.717) is 6.61 Å². The maximum absolute atomic E-state index is 5.48. The second-order valence-electron chi connectivity index (χ2n) is 3.98. The predicted octanol–water partition coefficient (Wildman–Crippen LogP) is 2.34. The second kappa shape index (κ2) is 11.0. The molecule has 0 aliphatic rings. The monoisotopic (exact) mass is 249 g/mol. The van der Waals surface area contributed by atoms with Crippen molar-refractivity contribution < 1.29 is 9.47 Å². The first-order valence-corrected chi connectivity index (χ1v) is 6.42. The molecule has 0 saturated heterocycles. The van der Waals surface area contributed by atoms with Crippen LogP contribution in [0.5, 0.6) is 0 Å².